The molecule has 9 heteroatoms. The predicted octanol–water partition coefficient (Wildman–Crippen LogP) is 2.80. The summed E-state index contributed by atoms with van der Waals surface area (Å²) in [7, 11) is 1.48. The van der Waals surface area contributed by atoms with Crippen LogP contribution in [0.25, 0.3) is 11.3 Å². The number of hydrogen-bond donors (Lipinski definition) is 1. The summed E-state index contributed by atoms with van der Waals surface area (Å²) < 4.78 is 23.2. The normalized spacial score (nSPS) is 10.7. The Hall–Kier alpha value is -3.49. The Morgan fingerprint density at radius 1 is 1.15 bits per heavy atom. The summed E-state index contributed by atoms with van der Waals surface area (Å²) in [5.41, 5.74) is 1.04. The van der Waals surface area contributed by atoms with Gasteiger partial charge in [0.15, 0.2) is 5.82 Å². The monoisotopic (exact) mass is 372 g/mol. The lowest BCUT2D eigenvalue weighted by Gasteiger charge is -2.16. The maximum Gasteiger partial charge on any atom is 0.259 e. The van der Waals surface area contributed by atoms with E-state index in [1.54, 1.807) is 19.9 Å². The van der Waals surface area contributed by atoms with Crippen LogP contribution in [0.4, 0.5) is 10.2 Å². The second kappa shape index (κ2) is 7.40. The largest absolute Gasteiger partial charge is 0.360 e. The SMILES string of the molecule is Cc1cc(NC(=O)CN(C)C(=O)c2c(-c3ccc(F)cc3)noc2C)no1. The summed E-state index contributed by atoms with van der Waals surface area (Å²) in [5.74, 6) is -0.149. The van der Waals surface area contributed by atoms with Gasteiger partial charge in [-0.1, -0.05) is 10.3 Å². The van der Waals surface area contributed by atoms with Crippen LogP contribution >= 0.6 is 0 Å². The molecule has 0 aliphatic carbocycles. The Morgan fingerprint density at radius 3 is 2.48 bits per heavy atom. The molecule has 0 atom stereocenters. The molecule has 0 saturated carbocycles. The van der Waals surface area contributed by atoms with Gasteiger partial charge in [0.05, 0.1) is 6.54 Å². The van der Waals surface area contributed by atoms with E-state index >= 15 is 0 Å². The van der Waals surface area contributed by atoms with Crippen LogP contribution in [0.5, 0.6) is 0 Å². The number of likely N-dealkylation sites (N-methyl/N-ethyl adjacent to an activating group) is 1. The Bertz CT molecular complexity index is 978. The van der Waals surface area contributed by atoms with Crippen molar-refractivity contribution in [2.24, 2.45) is 0 Å². The van der Waals surface area contributed by atoms with Gasteiger partial charge in [-0.2, -0.15) is 0 Å². The quantitative estimate of drug-likeness (QED) is 0.739. The van der Waals surface area contributed by atoms with E-state index in [0.29, 0.717) is 17.1 Å². The predicted molar refractivity (Wildman–Crippen MR) is 93.5 cm³/mol. The van der Waals surface area contributed by atoms with Crippen molar-refractivity contribution in [2.75, 3.05) is 18.9 Å². The molecule has 2 amide bonds. The van der Waals surface area contributed by atoms with Crippen molar-refractivity contribution in [3.05, 3.63) is 53.2 Å². The first-order valence-corrected chi connectivity index (χ1v) is 8.06. The van der Waals surface area contributed by atoms with Crippen molar-refractivity contribution in [1.29, 1.82) is 0 Å². The number of aromatic nitrogens is 2. The van der Waals surface area contributed by atoms with Crippen LogP contribution in [0.15, 0.2) is 39.4 Å². The third kappa shape index (κ3) is 4.02. The van der Waals surface area contributed by atoms with Gasteiger partial charge in [-0.05, 0) is 38.1 Å². The topological polar surface area (TPSA) is 101 Å². The van der Waals surface area contributed by atoms with Gasteiger partial charge in [-0.25, -0.2) is 4.39 Å². The summed E-state index contributed by atoms with van der Waals surface area (Å²) >= 11 is 0. The fraction of sp³-hybridized carbons (Fsp3) is 0.222. The van der Waals surface area contributed by atoms with E-state index in [4.69, 9.17) is 9.05 Å². The number of benzene rings is 1. The molecule has 0 fully saturated rings. The van der Waals surface area contributed by atoms with Gasteiger partial charge < -0.3 is 19.3 Å². The summed E-state index contributed by atoms with van der Waals surface area (Å²) in [6.07, 6.45) is 0. The zero-order valence-electron chi connectivity index (χ0n) is 14.9. The van der Waals surface area contributed by atoms with Gasteiger partial charge in [0.2, 0.25) is 5.91 Å². The maximum atomic E-state index is 13.1. The minimum absolute atomic E-state index is 0.210. The zero-order chi connectivity index (χ0) is 19.6. The lowest BCUT2D eigenvalue weighted by molar-refractivity contribution is -0.116. The molecular weight excluding hydrogens is 355 g/mol. The number of nitrogens with zero attached hydrogens (tertiary/aromatic N) is 3. The van der Waals surface area contributed by atoms with E-state index in [-0.39, 0.29) is 23.6 Å². The fourth-order valence-electron chi connectivity index (χ4n) is 2.51. The average Bonchev–Trinajstić information content (AvgIpc) is 3.20. The highest BCUT2D eigenvalue weighted by molar-refractivity contribution is 6.03. The van der Waals surface area contributed by atoms with Gasteiger partial charge >= 0.3 is 0 Å². The van der Waals surface area contributed by atoms with Gasteiger partial charge in [0.25, 0.3) is 5.91 Å². The lowest BCUT2D eigenvalue weighted by atomic mass is 10.1. The molecule has 0 aliphatic heterocycles. The van der Waals surface area contributed by atoms with Crippen molar-refractivity contribution < 1.29 is 23.0 Å². The smallest absolute Gasteiger partial charge is 0.259 e. The highest BCUT2D eigenvalue weighted by Gasteiger charge is 2.25. The first-order valence-electron chi connectivity index (χ1n) is 8.06. The van der Waals surface area contributed by atoms with Crippen LogP contribution in [0.1, 0.15) is 21.9 Å². The third-order valence-electron chi connectivity index (χ3n) is 3.82. The van der Waals surface area contributed by atoms with Crippen molar-refractivity contribution in [3.8, 4) is 11.3 Å². The Kier molecular flexibility index (Phi) is 5.02. The highest BCUT2D eigenvalue weighted by atomic mass is 19.1. The molecule has 2 aromatic heterocycles. The number of rotatable bonds is 5. The first-order chi connectivity index (χ1) is 12.8. The highest BCUT2D eigenvalue weighted by Crippen LogP contribution is 2.26. The van der Waals surface area contributed by atoms with Crippen LogP contribution in [0.3, 0.4) is 0 Å². The number of aryl methyl sites for hydroxylation is 2. The number of nitrogens with one attached hydrogen (secondary N) is 1. The first kappa shape index (κ1) is 18.3. The number of amides is 2. The van der Waals surface area contributed by atoms with E-state index in [1.807, 2.05) is 0 Å². The average molecular weight is 372 g/mol. The number of anilines is 1. The Morgan fingerprint density at radius 2 is 1.85 bits per heavy atom. The maximum absolute atomic E-state index is 13.1. The molecule has 0 bridgehead atoms. The summed E-state index contributed by atoms with van der Waals surface area (Å²) in [6.45, 7) is 3.08. The molecule has 27 heavy (non-hydrogen) atoms. The molecule has 3 aromatic rings. The number of carbonyl (C=O) groups is 2. The van der Waals surface area contributed by atoms with Crippen LogP contribution in [-0.2, 0) is 4.79 Å². The van der Waals surface area contributed by atoms with E-state index in [9.17, 15) is 14.0 Å². The van der Waals surface area contributed by atoms with E-state index in [1.165, 1.54) is 36.2 Å². The summed E-state index contributed by atoms with van der Waals surface area (Å²) in [6, 6.07) is 7.11. The minimum Gasteiger partial charge on any atom is -0.360 e. The van der Waals surface area contributed by atoms with Gasteiger partial charge in [0, 0.05) is 18.7 Å². The Labute approximate surface area is 153 Å². The molecule has 1 N–H and O–H groups in total. The number of hydrogen-bond acceptors (Lipinski definition) is 6. The van der Waals surface area contributed by atoms with E-state index in [2.05, 4.69) is 15.6 Å². The molecule has 1 aromatic carbocycles. The molecular formula is C18H17FN4O4. The van der Waals surface area contributed by atoms with Crippen LogP contribution < -0.4 is 5.32 Å². The molecule has 0 saturated heterocycles. The molecule has 0 radical (unpaired) electrons. The number of halogens is 1. The van der Waals surface area contributed by atoms with Gasteiger partial charge in [-0.15, -0.1) is 0 Å². The molecule has 0 spiro atoms. The molecule has 8 nitrogen and oxygen atoms in total. The standard InChI is InChI=1S/C18H17FN4O4/c1-10-8-14(21-26-10)20-15(24)9-23(3)18(25)16-11(2)27-22-17(16)12-4-6-13(19)7-5-12/h4-8H,9H2,1-3H3,(H,20,21,24). The van der Waals surface area contributed by atoms with Crippen molar-refractivity contribution in [1.82, 2.24) is 15.2 Å². The van der Waals surface area contributed by atoms with Crippen molar-refractivity contribution >= 4 is 17.6 Å². The van der Waals surface area contributed by atoms with Crippen LogP contribution in [0.2, 0.25) is 0 Å². The van der Waals surface area contributed by atoms with E-state index < -0.39 is 17.6 Å². The summed E-state index contributed by atoms with van der Waals surface area (Å²) in [5, 5.41) is 10.1. The van der Waals surface area contributed by atoms with Crippen molar-refractivity contribution in [3.63, 3.8) is 0 Å². The zero-order valence-corrected chi connectivity index (χ0v) is 14.9. The molecule has 3 rings (SSSR count). The molecule has 140 valence electrons. The lowest BCUT2D eigenvalue weighted by Crippen LogP contribution is -2.35. The van der Waals surface area contributed by atoms with Crippen LogP contribution in [-0.4, -0.2) is 40.6 Å². The third-order valence-corrected chi connectivity index (χ3v) is 3.82. The minimum atomic E-state index is -0.445. The number of carbonyl (C=O) groups excluding carboxylic acids is 2. The van der Waals surface area contributed by atoms with E-state index in [0.717, 1.165) is 0 Å². The second-order valence-corrected chi connectivity index (χ2v) is 6.00. The van der Waals surface area contributed by atoms with Crippen molar-refractivity contribution in [2.45, 2.75) is 13.8 Å². The van der Waals surface area contributed by atoms with Crippen LogP contribution in [0, 0.1) is 19.7 Å². The molecule has 0 unspecified atom stereocenters. The molecule has 0 aliphatic rings. The van der Waals surface area contributed by atoms with Gasteiger partial charge in [-0.3, -0.25) is 9.59 Å². The fourth-order valence-corrected chi connectivity index (χ4v) is 2.51. The van der Waals surface area contributed by atoms with Gasteiger partial charge in [0.1, 0.15) is 28.6 Å². The Balaban J connectivity index is 1.76. The second-order valence-electron chi connectivity index (χ2n) is 6.00. The molecule has 2 heterocycles. The summed E-state index contributed by atoms with van der Waals surface area (Å²) in [4.78, 5) is 26.2.